The lowest BCUT2D eigenvalue weighted by molar-refractivity contribution is -0.0493. The first-order valence-corrected chi connectivity index (χ1v) is 7.68. The molecule has 0 aliphatic heterocycles. The molecule has 0 bridgehead atoms. The van der Waals surface area contributed by atoms with Gasteiger partial charge in [0, 0.05) is 15.9 Å². The van der Waals surface area contributed by atoms with Gasteiger partial charge in [-0.15, -0.1) is 11.3 Å². The van der Waals surface area contributed by atoms with E-state index in [0.29, 0.717) is 12.2 Å². The average molecular weight is 413 g/mol. The number of hydrogen-bond donors (Lipinski definition) is 1. The molecule has 2 nitrogen and oxygen atoms in total. The van der Waals surface area contributed by atoms with Crippen LogP contribution in [0.5, 0.6) is 5.75 Å². The maximum atomic E-state index is 12.3. The van der Waals surface area contributed by atoms with Gasteiger partial charge in [-0.25, -0.2) is 0 Å². The first-order chi connectivity index (χ1) is 9.06. The molecule has 0 saturated carbocycles. The molecule has 2 aromatic rings. The minimum atomic E-state index is -2.83. The van der Waals surface area contributed by atoms with Crippen LogP contribution in [0.2, 0.25) is 0 Å². The number of nitrogens with one attached hydrogen (secondary N) is 1. The second-order valence-electron chi connectivity index (χ2n) is 3.56. The number of para-hydroxylation sites is 2. The van der Waals surface area contributed by atoms with Gasteiger partial charge in [0.2, 0.25) is 0 Å². The maximum absolute atomic E-state index is 12.3. The molecule has 0 fully saturated rings. The molecule has 102 valence electrons. The summed E-state index contributed by atoms with van der Waals surface area (Å²) in [5.74, 6) is 0.146. The van der Waals surface area contributed by atoms with Crippen molar-refractivity contribution in [2.45, 2.75) is 13.2 Å². The number of anilines is 1. The van der Waals surface area contributed by atoms with E-state index in [-0.39, 0.29) is 5.75 Å². The Bertz CT molecular complexity index is 543. The van der Waals surface area contributed by atoms with Crippen molar-refractivity contribution in [3.05, 3.63) is 43.5 Å². The molecule has 1 N–H and O–H groups in total. The Hall–Kier alpha value is -0.660. The molecule has 0 radical (unpaired) electrons. The van der Waals surface area contributed by atoms with Crippen molar-refractivity contribution in [1.29, 1.82) is 0 Å². The average Bonchev–Trinajstić information content (AvgIpc) is 2.67. The predicted molar refractivity (Wildman–Crippen MR) is 80.1 cm³/mol. The predicted octanol–water partition coefficient (Wildman–Crippen LogP) is 5.49. The molecule has 7 heteroatoms. The third-order valence-corrected chi connectivity index (χ3v) is 5.51. The third-order valence-electron chi connectivity index (χ3n) is 2.25. The highest BCUT2D eigenvalue weighted by atomic mass is 79.9. The van der Waals surface area contributed by atoms with Crippen molar-refractivity contribution in [2.75, 3.05) is 5.32 Å². The van der Waals surface area contributed by atoms with Crippen LogP contribution in [0.15, 0.2) is 38.6 Å². The van der Waals surface area contributed by atoms with Crippen LogP contribution in [0.4, 0.5) is 14.5 Å². The monoisotopic (exact) mass is 411 g/mol. The smallest absolute Gasteiger partial charge is 0.387 e. The summed E-state index contributed by atoms with van der Waals surface area (Å²) < 4.78 is 31.0. The van der Waals surface area contributed by atoms with E-state index < -0.39 is 6.61 Å². The molecular formula is C12H9Br2F2NOS. The summed E-state index contributed by atoms with van der Waals surface area (Å²) in [4.78, 5) is 1.07. The van der Waals surface area contributed by atoms with Crippen LogP contribution in [0.25, 0.3) is 0 Å². The van der Waals surface area contributed by atoms with Gasteiger partial charge in [-0.05, 0) is 50.1 Å². The van der Waals surface area contributed by atoms with Crippen LogP contribution >= 0.6 is 43.2 Å². The van der Waals surface area contributed by atoms with Gasteiger partial charge in [0.25, 0.3) is 0 Å². The Morgan fingerprint density at radius 3 is 2.63 bits per heavy atom. The molecule has 1 aromatic carbocycles. The van der Waals surface area contributed by atoms with Gasteiger partial charge in [-0.1, -0.05) is 12.1 Å². The van der Waals surface area contributed by atoms with E-state index in [1.165, 1.54) is 6.07 Å². The third kappa shape index (κ3) is 4.15. The Kier molecular flexibility index (Phi) is 5.18. The van der Waals surface area contributed by atoms with Crippen LogP contribution in [0.3, 0.4) is 0 Å². The Morgan fingerprint density at radius 2 is 2.00 bits per heavy atom. The minimum Gasteiger partial charge on any atom is -0.433 e. The number of thiophene rings is 1. The van der Waals surface area contributed by atoms with Gasteiger partial charge in [0.15, 0.2) is 0 Å². The second kappa shape index (κ2) is 6.67. The van der Waals surface area contributed by atoms with Gasteiger partial charge < -0.3 is 10.1 Å². The second-order valence-corrected chi connectivity index (χ2v) is 6.87. The Labute approximate surface area is 130 Å². The summed E-state index contributed by atoms with van der Waals surface area (Å²) in [5.41, 5.74) is 0.545. The normalized spacial score (nSPS) is 10.8. The lowest BCUT2D eigenvalue weighted by atomic mass is 10.3. The molecule has 1 heterocycles. The number of ether oxygens (including phenoxy) is 1. The van der Waals surface area contributed by atoms with Gasteiger partial charge in [-0.3, -0.25) is 0 Å². The molecule has 0 atom stereocenters. The molecule has 0 amide bonds. The van der Waals surface area contributed by atoms with E-state index in [4.69, 9.17) is 0 Å². The summed E-state index contributed by atoms with van der Waals surface area (Å²) in [6.07, 6.45) is 0. The van der Waals surface area contributed by atoms with Gasteiger partial charge >= 0.3 is 6.61 Å². The lowest BCUT2D eigenvalue weighted by Gasteiger charge is -2.11. The summed E-state index contributed by atoms with van der Waals surface area (Å²) in [6, 6.07) is 8.60. The van der Waals surface area contributed by atoms with Crippen LogP contribution in [-0.2, 0) is 6.54 Å². The largest absolute Gasteiger partial charge is 0.433 e. The summed E-state index contributed by atoms with van der Waals surface area (Å²) >= 11 is 8.38. The standard InChI is InChI=1S/C12H9Br2F2NOS/c13-8-5-7(19-11(8)14)6-17-9-3-1-2-4-10(9)18-12(15)16/h1-5,12,17H,6H2. The van der Waals surface area contributed by atoms with Crippen LogP contribution in [0.1, 0.15) is 4.88 Å². The van der Waals surface area contributed by atoms with E-state index in [9.17, 15) is 8.78 Å². The molecule has 0 spiro atoms. The molecule has 0 saturated heterocycles. The topological polar surface area (TPSA) is 21.3 Å². The lowest BCUT2D eigenvalue weighted by Crippen LogP contribution is -2.06. The van der Waals surface area contributed by atoms with Crippen LogP contribution in [0, 0.1) is 0 Å². The van der Waals surface area contributed by atoms with Gasteiger partial charge in [-0.2, -0.15) is 8.78 Å². The zero-order valence-electron chi connectivity index (χ0n) is 9.50. The van der Waals surface area contributed by atoms with Crippen molar-refractivity contribution in [3.8, 4) is 5.75 Å². The highest BCUT2D eigenvalue weighted by Gasteiger charge is 2.09. The first-order valence-electron chi connectivity index (χ1n) is 5.27. The van der Waals surface area contributed by atoms with Crippen LogP contribution < -0.4 is 10.1 Å². The van der Waals surface area contributed by atoms with Crippen molar-refractivity contribution >= 4 is 48.9 Å². The molecule has 2 rings (SSSR count). The number of hydrogen-bond acceptors (Lipinski definition) is 3. The molecule has 19 heavy (non-hydrogen) atoms. The maximum Gasteiger partial charge on any atom is 0.387 e. The molecule has 0 aliphatic rings. The number of rotatable bonds is 5. The molecule has 0 unspecified atom stereocenters. The molecule has 0 aliphatic carbocycles. The zero-order valence-corrected chi connectivity index (χ0v) is 13.5. The summed E-state index contributed by atoms with van der Waals surface area (Å²) in [7, 11) is 0. The fourth-order valence-electron chi connectivity index (χ4n) is 1.47. The number of alkyl halides is 2. The Balaban J connectivity index is 2.06. The molecular weight excluding hydrogens is 404 g/mol. The summed E-state index contributed by atoms with van der Waals surface area (Å²) in [5, 5.41) is 3.09. The minimum absolute atomic E-state index is 0.146. The van der Waals surface area contributed by atoms with Crippen molar-refractivity contribution in [2.24, 2.45) is 0 Å². The first kappa shape index (κ1) is 14.7. The van der Waals surface area contributed by atoms with Crippen LogP contribution in [-0.4, -0.2) is 6.61 Å². The van der Waals surface area contributed by atoms with Crippen molar-refractivity contribution in [1.82, 2.24) is 0 Å². The number of halogens is 4. The fraction of sp³-hybridized carbons (Fsp3) is 0.167. The quantitative estimate of drug-likeness (QED) is 0.701. The van der Waals surface area contributed by atoms with Gasteiger partial charge in [0.05, 0.1) is 9.47 Å². The van der Waals surface area contributed by atoms with E-state index >= 15 is 0 Å². The fourth-order valence-corrected chi connectivity index (χ4v) is 3.59. The van der Waals surface area contributed by atoms with E-state index in [0.717, 1.165) is 13.1 Å². The number of benzene rings is 1. The van der Waals surface area contributed by atoms with E-state index in [1.807, 2.05) is 6.07 Å². The highest BCUT2D eigenvalue weighted by Crippen LogP contribution is 2.33. The zero-order chi connectivity index (χ0) is 13.8. The van der Waals surface area contributed by atoms with Crippen molar-refractivity contribution in [3.63, 3.8) is 0 Å². The molecule has 1 aromatic heterocycles. The SMILES string of the molecule is FC(F)Oc1ccccc1NCc1cc(Br)c(Br)s1. The van der Waals surface area contributed by atoms with E-state index in [2.05, 4.69) is 41.9 Å². The van der Waals surface area contributed by atoms with Gasteiger partial charge in [0.1, 0.15) is 5.75 Å². The summed E-state index contributed by atoms with van der Waals surface area (Å²) in [6.45, 7) is -2.29. The Morgan fingerprint density at radius 1 is 1.26 bits per heavy atom. The van der Waals surface area contributed by atoms with E-state index in [1.54, 1.807) is 29.5 Å². The highest BCUT2D eigenvalue weighted by molar-refractivity contribution is 9.13. The van der Waals surface area contributed by atoms with Crippen molar-refractivity contribution < 1.29 is 13.5 Å².